The van der Waals surface area contributed by atoms with Gasteiger partial charge in [-0.2, -0.15) is 0 Å². The Bertz CT molecular complexity index is 378. The molecule has 1 N–H and O–H groups in total. The van der Waals surface area contributed by atoms with Crippen LogP contribution >= 0.6 is 0 Å². The Morgan fingerprint density at radius 2 is 2.24 bits per heavy atom. The number of carbonyl (C=O) groups is 1. The van der Waals surface area contributed by atoms with E-state index in [0.29, 0.717) is 25.6 Å². The lowest BCUT2D eigenvalue weighted by molar-refractivity contribution is 0.0696. The Morgan fingerprint density at radius 3 is 2.71 bits per heavy atom. The number of carboxylic acids is 1. The second-order valence-corrected chi connectivity index (χ2v) is 3.30. The SMILES string of the molecule is C=CCN(CCOC)c1ncc(C(=O)O)cn1. The summed E-state index contributed by atoms with van der Waals surface area (Å²) in [6.45, 7) is 5.39. The van der Waals surface area contributed by atoms with Crippen molar-refractivity contribution in [1.29, 1.82) is 0 Å². The molecular formula is C11H15N3O3. The van der Waals surface area contributed by atoms with Gasteiger partial charge in [0.1, 0.15) is 0 Å². The van der Waals surface area contributed by atoms with Crippen LogP contribution in [-0.2, 0) is 4.74 Å². The van der Waals surface area contributed by atoms with Crippen LogP contribution in [0.25, 0.3) is 0 Å². The monoisotopic (exact) mass is 237 g/mol. The van der Waals surface area contributed by atoms with E-state index in [4.69, 9.17) is 9.84 Å². The predicted molar refractivity (Wildman–Crippen MR) is 63.3 cm³/mol. The summed E-state index contributed by atoms with van der Waals surface area (Å²) in [5.74, 6) is -0.573. The molecule has 0 unspecified atom stereocenters. The molecule has 0 aromatic carbocycles. The minimum atomic E-state index is -1.04. The van der Waals surface area contributed by atoms with Crippen LogP contribution in [0, 0.1) is 0 Å². The minimum absolute atomic E-state index is 0.0686. The van der Waals surface area contributed by atoms with Crippen LogP contribution in [0.1, 0.15) is 10.4 Å². The molecule has 1 aromatic heterocycles. The van der Waals surface area contributed by atoms with E-state index >= 15 is 0 Å². The van der Waals surface area contributed by atoms with Gasteiger partial charge >= 0.3 is 5.97 Å². The topological polar surface area (TPSA) is 75.5 Å². The van der Waals surface area contributed by atoms with Crippen molar-refractivity contribution in [3.05, 3.63) is 30.6 Å². The zero-order valence-corrected chi connectivity index (χ0v) is 9.67. The summed E-state index contributed by atoms with van der Waals surface area (Å²) in [4.78, 5) is 20.5. The van der Waals surface area contributed by atoms with Gasteiger partial charge in [-0.3, -0.25) is 0 Å². The number of carboxylic acid groups (broad SMARTS) is 1. The van der Waals surface area contributed by atoms with Crippen molar-refractivity contribution in [2.75, 3.05) is 31.7 Å². The summed E-state index contributed by atoms with van der Waals surface area (Å²) in [7, 11) is 1.61. The number of nitrogens with zero attached hydrogens (tertiary/aromatic N) is 3. The number of aromatic carboxylic acids is 1. The molecule has 0 aliphatic rings. The Balaban J connectivity index is 2.79. The van der Waals surface area contributed by atoms with E-state index in [1.807, 2.05) is 4.90 Å². The molecule has 0 bridgehead atoms. The van der Waals surface area contributed by atoms with Crippen LogP contribution in [-0.4, -0.2) is 47.8 Å². The lowest BCUT2D eigenvalue weighted by Gasteiger charge is -2.20. The van der Waals surface area contributed by atoms with Crippen molar-refractivity contribution in [2.24, 2.45) is 0 Å². The van der Waals surface area contributed by atoms with E-state index in [9.17, 15) is 4.79 Å². The molecule has 0 saturated heterocycles. The fourth-order valence-electron chi connectivity index (χ4n) is 1.23. The number of ether oxygens (including phenoxy) is 1. The summed E-state index contributed by atoms with van der Waals surface area (Å²) in [5, 5.41) is 8.73. The third-order valence-electron chi connectivity index (χ3n) is 2.08. The Hall–Kier alpha value is -1.95. The molecular weight excluding hydrogens is 222 g/mol. The van der Waals surface area contributed by atoms with E-state index < -0.39 is 5.97 Å². The number of rotatable bonds is 7. The fraction of sp³-hybridized carbons (Fsp3) is 0.364. The molecule has 0 aliphatic carbocycles. The largest absolute Gasteiger partial charge is 0.478 e. The summed E-state index contributed by atoms with van der Waals surface area (Å²) < 4.78 is 4.98. The molecule has 1 heterocycles. The molecule has 0 fully saturated rings. The van der Waals surface area contributed by atoms with Crippen molar-refractivity contribution >= 4 is 11.9 Å². The first-order valence-electron chi connectivity index (χ1n) is 5.09. The lowest BCUT2D eigenvalue weighted by atomic mass is 10.3. The summed E-state index contributed by atoms with van der Waals surface area (Å²) in [5.41, 5.74) is 0.0686. The molecule has 0 atom stereocenters. The number of methoxy groups -OCH3 is 1. The van der Waals surface area contributed by atoms with Gasteiger partial charge in [-0.25, -0.2) is 14.8 Å². The van der Waals surface area contributed by atoms with E-state index in [0.717, 1.165) is 0 Å². The average Bonchev–Trinajstić information content (AvgIpc) is 2.34. The molecule has 6 nitrogen and oxygen atoms in total. The quantitative estimate of drug-likeness (QED) is 0.707. The van der Waals surface area contributed by atoms with Crippen LogP contribution < -0.4 is 4.90 Å². The maximum absolute atomic E-state index is 10.7. The maximum atomic E-state index is 10.7. The third kappa shape index (κ3) is 3.84. The minimum Gasteiger partial charge on any atom is -0.478 e. The standard InChI is InChI=1S/C11H15N3O3/c1-3-4-14(5-6-17-2)11-12-7-9(8-13-11)10(15)16/h3,7-8H,1,4-6H2,2H3,(H,15,16). The normalized spacial score (nSPS) is 9.94. The van der Waals surface area contributed by atoms with Crippen LogP contribution in [0.15, 0.2) is 25.0 Å². The van der Waals surface area contributed by atoms with Crippen molar-refractivity contribution in [2.45, 2.75) is 0 Å². The van der Waals surface area contributed by atoms with E-state index in [2.05, 4.69) is 16.5 Å². The summed E-state index contributed by atoms with van der Waals surface area (Å²) in [6.07, 6.45) is 4.30. The van der Waals surface area contributed by atoms with Gasteiger partial charge in [0.25, 0.3) is 0 Å². The summed E-state index contributed by atoms with van der Waals surface area (Å²) in [6, 6.07) is 0. The highest BCUT2D eigenvalue weighted by molar-refractivity contribution is 5.86. The van der Waals surface area contributed by atoms with Crippen LogP contribution in [0.4, 0.5) is 5.95 Å². The van der Waals surface area contributed by atoms with Crippen LogP contribution in [0.3, 0.4) is 0 Å². The molecule has 0 spiro atoms. The van der Waals surface area contributed by atoms with Crippen molar-refractivity contribution in [1.82, 2.24) is 9.97 Å². The predicted octanol–water partition coefficient (Wildman–Crippen LogP) is 0.814. The second kappa shape index (κ2) is 6.59. The molecule has 6 heteroatoms. The molecule has 1 aromatic rings. The molecule has 92 valence electrons. The highest BCUT2D eigenvalue weighted by atomic mass is 16.5. The average molecular weight is 237 g/mol. The van der Waals surface area contributed by atoms with Gasteiger partial charge in [-0.1, -0.05) is 6.08 Å². The second-order valence-electron chi connectivity index (χ2n) is 3.30. The number of aromatic nitrogens is 2. The van der Waals surface area contributed by atoms with Crippen LogP contribution in [0.5, 0.6) is 0 Å². The maximum Gasteiger partial charge on any atom is 0.338 e. The molecule has 0 aliphatic heterocycles. The van der Waals surface area contributed by atoms with E-state index in [1.54, 1.807) is 13.2 Å². The highest BCUT2D eigenvalue weighted by Gasteiger charge is 2.09. The first-order chi connectivity index (χ1) is 8.19. The summed E-state index contributed by atoms with van der Waals surface area (Å²) >= 11 is 0. The highest BCUT2D eigenvalue weighted by Crippen LogP contribution is 2.07. The van der Waals surface area contributed by atoms with E-state index in [-0.39, 0.29) is 5.56 Å². The molecule has 0 saturated carbocycles. The molecule has 17 heavy (non-hydrogen) atoms. The molecule has 1 rings (SSSR count). The first-order valence-corrected chi connectivity index (χ1v) is 5.09. The van der Waals surface area contributed by atoms with Gasteiger partial charge in [0, 0.05) is 32.6 Å². The number of hydrogen-bond acceptors (Lipinski definition) is 5. The fourth-order valence-corrected chi connectivity index (χ4v) is 1.23. The zero-order chi connectivity index (χ0) is 12.7. The van der Waals surface area contributed by atoms with E-state index in [1.165, 1.54) is 12.4 Å². The van der Waals surface area contributed by atoms with Gasteiger partial charge < -0.3 is 14.7 Å². The number of anilines is 1. The molecule has 0 amide bonds. The first kappa shape index (κ1) is 13.1. The van der Waals surface area contributed by atoms with Gasteiger partial charge in [0.2, 0.25) is 5.95 Å². The van der Waals surface area contributed by atoms with Crippen molar-refractivity contribution in [3.63, 3.8) is 0 Å². The Kier molecular flexibility index (Phi) is 5.09. The van der Waals surface area contributed by atoms with Crippen molar-refractivity contribution in [3.8, 4) is 0 Å². The Labute approximate surface area is 99.6 Å². The van der Waals surface area contributed by atoms with Gasteiger partial charge in [-0.05, 0) is 0 Å². The Morgan fingerprint density at radius 1 is 1.59 bits per heavy atom. The van der Waals surface area contributed by atoms with Crippen LogP contribution in [0.2, 0.25) is 0 Å². The van der Waals surface area contributed by atoms with Crippen molar-refractivity contribution < 1.29 is 14.6 Å². The third-order valence-corrected chi connectivity index (χ3v) is 2.08. The zero-order valence-electron chi connectivity index (χ0n) is 9.67. The molecule has 0 radical (unpaired) electrons. The smallest absolute Gasteiger partial charge is 0.338 e. The van der Waals surface area contributed by atoms with Gasteiger partial charge in [-0.15, -0.1) is 6.58 Å². The van der Waals surface area contributed by atoms with Gasteiger partial charge in [0.15, 0.2) is 0 Å². The lowest BCUT2D eigenvalue weighted by Crippen LogP contribution is -2.29. The van der Waals surface area contributed by atoms with Gasteiger partial charge in [0.05, 0.1) is 12.2 Å². The number of hydrogen-bond donors (Lipinski definition) is 1.